The van der Waals surface area contributed by atoms with Gasteiger partial charge in [-0.1, -0.05) is 29.3 Å². The quantitative estimate of drug-likeness (QED) is 0.214. The standard InChI is InChI=1S/C34H35Cl2N7O4/c1-24-38-39(2)33(44)43(24)28-6-4-26(5-7-28)41-15-17-42(18-16-41)27-8-10-29(11-9-27)45-20-30-21-46-34(47-30,22-40-14-13-37-23-40)31-12-3-25(35)19-32(31)36/h3-14,19,23,30H,15-18,20-22H2,1-2H3/t30-,34?/m1/s1. The van der Waals surface area contributed by atoms with E-state index in [0.717, 1.165) is 49.0 Å². The Bertz CT molecular complexity index is 1890. The number of aryl methyl sites for hydroxylation is 2. The molecule has 5 aromatic rings. The maximum atomic E-state index is 12.4. The molecule has 0 amide bonds. The summed E-state index contributed by atoms with van der Waals surface area (Å²) in [4.78, 5) is 21.3. The molecule has 2 aliphatic heterocycles. The third-order valence-corrected chi connectivity index (χ3v) is 9.18. The molecule has 2 aliphatic rings. The van der Waals surface area contributed by atoms with Gasteiger partial charge >= 0.3 is 5.69 Å². The molecule has 2 atom stereocenters. The van der Waals surface area contributed by atoms with E-state index in [1.807, 2.05) is 48.0 Å². The molecule has 0 spiro atoms. The molecular weight excluding hydrogens is 641 g/mol. The van der Waals surface area contributed by atoms with Crippen LogP contribution >= 0.6 is 23.2 Å². The van der Waals surface area contributed by atoms with Crippen molar-refractivity contribution in [2.24, 2.45) is 7.05 Å². The molecule has 7 rings (SSSR count). The SMILES string of the molecule is Cc1nn(C)c(=O)n1-c1ccc(N2CCN(c3ccc(OC[C@@H]4COC(Cn5ccnc5)(c5ccc(Cl)cc5Cl)O4)cc3)CC2)cc1. The molecule has 3 aromatic carbocycles. The summed E-state index contributed by atoms with van der Waals surface area (Å²) in [5.41, 5.74) is 3.66. The fourth-order valence-electron chi connectivity index (χ4n) is 6.24. The van der Waals surface area contributed by atoms with Crippen molar-refractivity contribution in [3.05, 3.63) is 117 Å². The zero-order valence-electron chi connectivity index (χ0n) is 26.1. The lowest BCUT2D eigenvalue weighted by atomic mass is 10.1. The van der Waals surface area contributed by atoms with Crippen LogP contribution in [0.15, 0.2) is 90.2 Å². The molecule has 1 unspecified atom stereocenters. The van der Waals surface area contributed by atoms with E-state index in [0.29, 0.717) is 41.2 Å². The second-order valence-electron chi connectivity index (χ2n) is 11.7. The number of ether oxygens (including phenoxy) is 3. The van der Waals surface area contributed by atoms with E-state index >= 15 is 0 Å². The highest BCUT2D eigenvalue weighted by Gasteiger charge is 2.45. The molecule has 244 valence electrons. The van der Waals surface area contributed by atoms with E-state index in [-0.39, 0.29) is 11.8 Å². The minimum atomic E-state index is -1.09. The van der Waals surface area contributed by atoms with Crippen LogP contribution in [0.25, 0.3) is 5.69 Å². The first-order valence-corrected chi connectivity index (χ1v) is 16.2. The highest BCUT2D eigenvalue weighted by molar-refractivity contribution is 6.35. The zero-order valence-corrected chi connectivity index (χ0v) is 27.6. The van der Waals surface area contributed by atoms with Gasteiger partial charge in [-0.05, 0) is 67.6 Å². The number of imidazole rings is 1. The van der Waals surface area contributed by atoms with Crippen LogP contribution in [0.5, 0.6) is 5.75 Å². The summed E-state index contributed by atoms with van der Waals surface area (Å²) in [6.45, 7) is 6.45. The van der Waals surface area contributed by atoms with Crippen molar-refractivity contribution in [3.63, 3.8) is 0 Å². The molecule has 0 saturated carbocycles. The molecule has 0 bridgehead atoms. The van der Waals surface area contributed by atoms with Gasteiger partial charge < -0.3 is 28.6 Å². The van der Waals surface area contributed by atoms with Gasteiger partial charge in [0.1, 0.15) is 24.3 Å². The van der Waals surface area contributed by atoms with Crippen molar-refractivity contribution in [3.8, 4) is 11.4 Å². The number of rotatable bonds is 9. The van der Waals surface area contributed by atoms with Gasteiger partial charge in [-0.2, -0.15) is 5.10 Å². The Kier molecular flexibility index (Phi) is 8.71. The van der Waals surface area contributed by atoms with Crippen LogP contribution in [0.2, 0.25) is 10.0 Å². The lowest BCUT2D eigenvalue weighted by Gasteiger charge is -2.37. The van der Waals surface area contributed by atoms with Gasteiger partial charge in [-0.25, -0.2) is 19.0 Å². The third kappa shape index (κ3) is 6.48. The predicted octanol–water partition coefficient (Wildman–Crippen LogP) is 5.06. The lowest BCUT2D eigenvalue weighted by molar-refractivity contribution is -0.189. The first kappa shape index (κ1) is 31.3. The van der Waals surface area contributed by atoms with Crippen LogP contribution in [-0.2, 0) is 28.9 Å². The first-order valence-electron chi connectivity index (χ1n) is 15.5. The third-order valence-electron chi connectivity index (χ3n) is 8.63. The maximum Gasteiger partial charge on any atom is 0.350 e. The van der Waals surface area contributed by atoms with Gasteiger partial charge in [0.15, 0.2) is 0 Å². The van der Waals surface area contributed by atoms with Crippen molar-refractivity contribution in [1.29, 1.82) is 0 Å². The second-order valence-corrected chi connectivity index (χ2v) is 12.6. The van der Waals surface area contributed by atoms with E-state index in [2.05, 4.69) is 44.1 Å². The fourth-order valence-corrected chi connectivity index (χ4v) is 6.79. The lowest BCUT2D eigenvalue weighted by Crippen LogP contribution is -2.46. The molecule has 0 N–H and O–H groups in total. The number of anilines is 2. The molecule has 0 aliphatic carbocycles. The zero-order chi connectivity index (χ0) is 32.5. The fraction of sp³-hybridized carbons (Fsp3) is 0.324. The van der Waals surface area contributed by atoms with E-state index in [1.165, 1.54) is 4.68 Å². The molecule has 0 radical (unpaired) electrons. The molecule has 4 heterocycles. The van der Waals surface area contributed by atoms with Crippen LogP contribution in [0.4, 0.5) is 11.4 Å². The molecule has 47 heavy (non-hydrogen) atoms. The second kappa shape index (κ2) is 13.1. The highest BCUT2D eigenvalue weighted by Crippen LogP contribution is 2.40. The number of benzene rings is 3. The van der Waals surface area contributed by atoms with Crippen LogP contribution in [-0.4, -0.2) is 69.4 Å². The van der Waals surface area contributed by atoms with Crippen molar-refractivity contribution in [1.82, 2.24) is 23.9 Å². The smallest absolute Gasteiger partial charge is 0.350 e. The van der Waals surface area contributed by atoms with Crippen molar-refractivity contribution >= 4 is 34.6 Å². The average molecular weight is 677 g/mol. The number of piperazine rings is 1. The summed E-state index contributed by atoms with van der Waals surface area (Å²) in [5.74, 6) is 0.331. The van der Waals surface area contributed by atoms with Crippen LogP contribution in [0.3, 0.4) is 0 Å². The summed E-state index contributed by atoms with van der Waals surface area (Å²) in [6.07, 6.45) is 4.98. The molecule has 2 saturated heterocycles. The maximum absolute atomic E-state index is 12.4. The Morgan fingerprint density at radius 2 is 1.60 bits per heavy atom. The van der Waals surface area contributed by atoms with Crippen molar-refractivity contribution in [2.75, 3.05) is 49.2 Å². The van der Waals surface area contributed by atoms with Gasteiger partial charge in [0.2, 0.25) is 5.79 Å². The summed E-state index contributed by atoms with van der Waals surface area (Å²) in [6, 6.07) is 21.6. The van der Waals surface area contributed by atoms with Crippen LogP contribution in [0.1, 0.15) is 11.4 Å². The summed E-state index contributed by atoms with van der Waals surface area (Å²) >= 11 is 12.8. The molecule has 13 heteroatoms. The molecular formula is C34H35Cl2N7O4. The molecule has 2 fully saturated rings. The van der Waals surface area contributed by atoms with E-state index in [1.54, 1.807) is 36.3 Å². The van der Waals surface area contributed by atoms with Gasteiger partial charge in [0.25, 0.3) is 0 Å². The van der Waals surface area contributed by atoms with Crippen molar-refractivity contribution < 1.29 is 14.2 Å². The van der Waals surface area contributed by atoms with Gasteiger partial charge in [0, 0.05) is 67.6 Å². The Morgan fingerprint density at radius 1 is 0.936 bits per heavy atom. The predicted molar refractivity (Wildman–Crippen MR) is 181 cm³/mol. The summed E-state index contributed by atoms with van der Waals surface area (Å²) < 4.78 is 23.8. The van der Waals surface area contributed by atoms with E-state index < -0.39 is 5.79 Å². The Hall–Kier alpha value is -4.29. The van der Waals surface area contributed by atoms with E-state index in [9.17, 15) is 4.79 Å². The number of aromatic nitrogens is 5. The summed E-state index contributed by atoms with van der Waals surface area (Å²) in [5, 5.41) is 5.24. The number of hydrogen-bond donors (Lipinski definition) is 0. The van der Waals surface area contributed by atoms with Gasteiger partial charge in [0.05, 0.1) is 30.2 Å². The minimum absolute atomic E-state index is 0.149. The van der Waals surface area contributed by atoms with Crippen LogP contribution in [0, 0.1) is 6.92 Å². The minimum Gasteiger partial charge on any atom is -0.491 e. The van der Waals surface area contributed by atoms with Gasteiger partial charge in [-0.3, -0.25) is 0 Å². The first-order chi connectivity index (χ1) is 22.8. The average Bonchev–Trinajstić information content (AvgIpc) is 3.80. The topological polar surface area (TPSA) is 91.8 Å². The normalized spacial score (nSPS) is 19.8. The van der Waals surface area contributed by atoms with E-state index in [4.69, 9.17) is 37.4 Å². The van der Waals surface area contributed by atoms with Crippen LogP contribution < -0.4 is 20.2 Å². The largest absolute Gasteiger partial charge is 0.491 e. The number of nitrogens with zero attached hydrogens (tertiary/aromatic N) is 7. The Balaban J connectivity index is 0.936. The highest BCUT2D eigenvalue weighted by atomic mass is 35.5. The Morgan fingerprint density at radius 3 is 2.19 bits per heavy atom. The van der Waals surface area contributed by atoms with Crippen molar-refractivity contribution in [2.45, 2.75) is 25.4 Å². The summed E-state index contributed by atoms with van der Waals surface area (Å²) in [7, 11) is 1.66. The molecule has 2 aromatic heterocycles. The van der Waals surface area contributed by atoms with Gasteiger partial charge in [-0.15, -0.1) is 0 Å². The number of hydrogen-bond acceptors (Lipinski definition) is 8. The Labute approximate surface area is 282 Å². The number of halogens is 2. The monoisotopic (exact) mass is 675 g/mol. The molecule has 11 nitrogen and oxygen atoms in total.